The van der Waals surface area contributed by atoms with Gasteiger partial charge in [0.1, 0.15) is 5.54 Å². The average molecular weight is 477 g/mol. The molecule has 11 heteroatoms. The van der Waals surface area contributed by atoms with Crippen molar-refractivity contribution in [2.24, 2.45) is 13.0 Å². The van der Waals surface area contributed by atoms with Crippen LogP contribution in [0, 0.1) is 5.92 Å². The van der Waals surface area contributed by atoms with E-state index >= 15 is 0 Å². The second kappa shape index (κ2) is 8.86. The topological polar surface area (TPSA) is 109 Å². The zero-order chi connectivity index (χ0) is 23.0. The summed E-state index contributed by atoms with van der Waals surface area (Å²) >= 11 is 2.99. The van der Waals surface area contributed by atoms with Crippen LogP contribution in [-0.4, -0.2) is 48.9 Å². The van der Waals surface area contributed by atoms with E-state index in [1.807, 2.05) is 11.6 Å². The van der Waals surface area contributed by atoms with Crippen LogP contribution in [0.4, 0.5) is 4.79 Å². The summed E-state index contributed by atoms with van der Waals surface area (Å²) in [5, 5.41) is 12.6. The van der Waals surface area contributed by atoms with Crippen LogP contribution >= 0.6 is 23.1 Å². The molecule has 1 aliphatic carbocycles. The number of carbonyl (C=O) groups is 3. The lowest BCUT2D eigenvalue weighted by Gasteiger charge is -2.19. The van der Waals surface area contributed by atoms with Gasteiger partial charge in [-0.2, -0.15) is 5.01 Å². The fourth-order valence-electron chi connectivity index (χ4n) is 4.03. The number of nitrogens with zero attached hydrogens (tertiary/aromatic N) is 4. The third-order valence-electron chi connectivity index (χ3n) is 6.35. The van der Waals surface area contributed by atoms with Gasteiger partial charge in [-0.15, -0.1) is 21.5 Å². The Kier molecular flexibility index (Phi) is 6.30. The minimum atomic E-state index is -0.993. The van der Waals surface area contributed by atoms with Gasteiger partial charge in [0, 0.05) is 11.9 Å². The molecule has 0 aromatic carbocycles. The van der Waals surface area contributed by atoms with Gasteiger partial charge in [0.2, 0.25) is 5.91 Å². The largest absolute Gasteiger partial charge is 0.344 e. The van der Waals surface area contributed by atoms with Gasteiger partial charge >= 0.3 is 6.03 Å². The molecule has 4 amide bonds. The predicted octanol–water partition coefficient (Wildman–Crippen LogP) is 2.90. The minimum absolute atomic E-state index is 0.00495. The lowest BCUT2D eigenvalue weighted by Crippen LogP contribution is -2.49. The van der Waals surface area contributed by atoms with Gasteiger partial charge in [-0.05, 0) is 50.2 Å². The number of amides is 4. The quantitative estimate of drug-likeness (QED) is 0.470. The summed E-state index contributed by atoms with van der Waals surface area (Å²) < 4.78 is 1.88. The molecule has 2 aromatic rings. The van der Waals surface area contributed by atoms with Crippen molar-refractivity contribution in [2.75, 3.05) is 5.75 Å². The third kappa shape index (κ3) is 4.15. The highest BCUT2D eigenvalue weighted by atomic mass is 32.2. The first kappa shape index (κ1) is 22.8. The number of hydrazine groups is 1. The van der Waals surface area contributed by atoms with E-state index in [-0.39, 0.29) is 5.75 Å². The maximum Gasteiger partial charge on any atom is 0.344 e. The highest BCUT2D eigenvalue weighted by Gasteiger charge is 2.47. The van der Waals surface area contributed by atoms with Crippen LogP contribution in [0.25, 0.3) is 10.7 Å². The zero-order valence-corrected chi connectivity index (χ0v) is 20.4. The molecule has 1 saturated heterocycles. The maximum atomic E-state index is 12.4. The van der Waals surface area contributed by atoms with E-state index in [4.69, 9.17) is 0 Å². The Hall–Kier alpha value is -2.40. The van der Waals surface area contributed by atoms with Crippen LogP contribution in [0.5, 0.6) is 0 Å². The summed E-state index contributed by atoms with van der Waals surface area (Å²) in [4.78, 5) is 39.4. The maximum absolute atomic E-state index is 12.4. The fourth-order valence-corrected chi connectivity index (χ4v) is 5.96. The number of urea groups is 1. The Balaban J connectivity index is 1.39. The molecule has 0 spiro atoms. The van der Waals surface area contributed by atoms with Gasteiger partial charge < -0.3 is 9.88 Å². The normalized spacial score (nSPS) is 22.8. The first-order valence-electron chi connectivity index (χ1n) is 10.9. The van der Waals surface area contributed by atoms with Crippen molar-refractivity contribution in [2.45, 2.75) is 63.6 Å². The molecule has 2 atom stereocenters. The molecular weight excluding hydrogens is 448 g/mol. The van der Waals surface area contributed by atoms with Crippen molar-refractivity contribution in [1.82, 2.24) is 30.5 Å². The van der Waals surface area contributed by atoms with Crippen molar-refractivity contribution in [3.05, 3.63) is 16.5 Å². The number of thioether (sulfide) groups is 1. The fraction of sp³-hybridized carbons (Fsp3) is 0.571. The number of nitrogens with one attached hydrogen (secondary N) is 2. The zero-order valence-electron chi connectivity index (χ0n) is 18.7. The van der Waals surface area contributed by atoms with Gasteiger partial charge in [0.05, 0.1) is 10.6 Å². The van der Waals surface area contributed by atoms with Gasteiger partial charge in [-0.3, -0.25) is 15.0 Å². The van der Waals surface area contributed by atoms with Crippen LogP contribution in [0.2, 0.25) is 0 Å². The molecular formula is C21H28N6O3S2. The first-order chi connectivity index (χ1) is 15.3. The average Bonchev–Trinajstić information content (AvgIpc) is 3.42. The van der Waals surface area contributed by atoms with Gasteiger partial charge in [-0.25, -0.2) is 4.79 Å². The molecule has 1 aliphatic heterocycles. The van der Waals surface area contributed by atoms with Crippen LogP contribution < -0.4 is 10.7 Å². The number of fused-ring (bicyclic) bond motifs is 1. The summed E-state index contributed by atoms with van der Waals surface area (Å²) in [6.07, 6.45) is 5.14. The highest BCUT2D eigenvalue weighted by Crippen LogP contribution is 2.38. The molecule has 2 aliphatic rings. The number of hydrogen-bond donors (Lipinski definition) is 2. The van der Waals surface area contributed by atoms with Crippen molar-refractivity contribution >= 4 is 40.9 Å². The standard InChI is InChI=1S/C21H28N6O3S2/c1-5-12-7-8-14-13(9-12)10-15(32-14)17-23-24-20(26(17)4)31-11-16(28)25-27-18(29)21(3,6-2)22-19(27)30/h10,12H,5-9,11H2,1-4H3,(H,22,30)(H,25,28). The molecule has 4 rings (SSSR count). The highest BCUT2D eigenvalue weighted by molar-refractivity contribution is 7.99. The van der Waals surface area contributed by atoms with E-state index in [0.29, 0.717) is 11.6 Å². The van der Waals surface area contributed by atoms with E-state index in [1.54, 1.807) is 25.2 Å². The number of aryl methyl sites for hydroxylation is 1. The molecule has 9 nitrogen and oxygen atoms in total. The van der Waals surface area contributed by atoms with Crippen molar-refractivity contribution in [1.29, 1.82) is 0 Å². The predicted molar refractivity (Wildman–Crippen MR) is 123 cm³/mol. The van der Waals surface area contributed by atoms with Crippen molar-refractivity contribution < 1.29 is 14.4 Å². The molecule has 3 heterocycles. The molecule has 0 bridgehead atoms. The Labute approximate surface area is 195 Å². The smallest absolute Gasteiger partial charge is 0.322 e. The van der Waals surface area contributed by atoms with Crippen LogP contribution in [-0.2, 0) is 29.5 Å². The third-order valence-corrected chi connectivity index (χ3v) is 8.61. The number of rotatable bonds is 7. The molecule has 0 radical (unpaired) electrons. The molecule has 2 N–H and O–H groups in total. The molecule has 32 heavy (non-hydrogen) atoms. The monoisotopic (exact) mass is 476 g/mol. The van der Waals surface area contributed by atoms with Crippen molar-refractivity contribution in [3.8, 4) is 10.7 Å². The summed E-state index contributed by atoms with van der Waals surface area (Å²) in [5.74, 6) is 0.629. The Bertz CT molecular complexity index is 1060. The molecule has 2 aromatic heterocycles. The summed E-state index contributed by atoms with van der Waals surface area (Å²) in [7, 11) is 1.88. The number of thiophene rings is 1. The van der Waals surface area contributed by atoms with Gasteiger partial charge in [0.25, 0.3) is 5.91 Å². The summed E-state index contributed by atoms with van der Waals surface area (Å²) in [6, 6.07) is 1.61. The SMILES string of the molecule is CCC1CCc2sc(-c3nnc(SCC(=O)NN4C(=O)NC(C)(CC)C4=O)n3C)cc2C1. The molecule has 172 valence electrons. The molecule has 2 unspecified atom stereocenters. The lowest BCUT2D eigenvalue weighted by molar-refractivity contribution is -0.137. The van der Waals surface area contributed by atoms with Crippen LogP contribution in [0.3, 0.4) is 0 Å². The molecule has 0 saturated carbocycles. The Morgan fingerprint density at radius 2 is 2.16 bits per heavy atom. The summed E-state index contributed by atoms with van der Waals surface area (Å²) in [6.45, 7) is 5.69. The number of carbonyl (C=O) groups excluding carboxylic acids is 3. The van der Waals surface area contributed by atoms with Crippen LogP contribution in [0.1, 0.15) is 50.5 Å². The second-order valence-corrected chi connectivity index (χ2v) is 10.6. The van der Waals surface area contributed by atoms with E-state index in [2.05, 4.69) is 33.9 Å². The van der Waals surface area contributed by atoms with E-state index < -0.39 is 23.4 Å². The number of aromatic nitrogens is 3. The van der Waals surface area contributed by atoms with E-state index in [0.717, 1.165) is 34.5 Å². The van der Waals surface area contributed by atoms with Crippen LogP contribution in [0.15, 0.2) is 11.2 Å². The molecule has 1 fully saturated rings. The summed E-state index contributed by atoms with van der Waals surface area (Å²) in [5.41, 5.74) is 2.83. The Morgan fingerprint density at radius 3 is 2.84 bits per heavy atom. The van der Waals surface area contributed by atoms with Gasteiger partial charge in [0.15, 0.2) is 11.0 Å². The van der Waals surface area contributed by atoms with E-state index in [1.165, 1.54) is 35.0 Å². The van der Waals surface area contributed by atoms with Gasteiger partial charge in [-0.1, -0.05) is 32.0 Å². The first-order valence-corrected chi connectivity index (χ1v) is 12.7. The second-order valence-electron chi connectivity index (χ2n) is 8.52. The Morgan fingerprint density at radius 1 is 1.38 bits per heavy atom. The minimum Gasteiger partial charge on any atom is -0.322 e. The van der Waals surface area contributed by atoms with Crippen molar-refractivity contribution in [3.63, 3.8) is 0 Å². The number of hydrogen-bond acceptors (Lipinski definition) is 7. The number of imide groups is 1. The van der Waals surface area contributed by atoms with E-state index in [9.17, 15) is 14.4 Å². The lowest BCUT2D eigenvalue weighted by atomic mass is 9.87.